The minimum Gasteiger partial charge on any atom is -0.376 e. The Morgan fingerprint density at radius 1 is 1.06 bits per heavy atom. The van der Waals surface area contributed by atoms with Crippen LogP contribution in [0.5, 0.6) is 0 Å². The maximum atomic E-state index is 6.40. The summed E-state index contributed by atoms with van der Waals surface area (Å²) in [5.41, 5.74) is 3.39. The molecule has 1 aliphatic carbocycles. The maximum Gasteiger partial charge on any atom is 0.151 e. The Morgan fingerprint density at radius 2 is 1.91 bits per heavy atom. The van der Waals surface area contributed by atoms with Crippen molar-refractivity contribution in [3.05, 3.63) is 70.5 Å². The van der Waals surface area contributed by atoms with Crippen LogP contribution in [0.15, 0.2) is 42.6 Å². The van der Waals surface area contributed by atoms with E-state index in [1.807, 2.05) is 24.4 Å². The summed E-state index contributed by atoms with van der Waals surface area (Å²) < 4.78 is 8.35. The van der Waals surface area contributed by atoms with E-state index in [-0.39, 0.29) is 6.10 Å². The molecule has 168 valence electrons. The summed E-state index contributed by atoms with van der Waals surface area (Å²) in [6, 6.07) is 12.2. The normalized spacial score (nSPS) is 21.2. The Kier molecular flexibility index (Phi) is 6.26. The van der Waals surface area contributed by atoms with E-state index in [2.05, 4.69) is 51.6 Å². The van der Waals surface area contributed by atoms with E-state index in [1.165, 1.54) is 5.56 Å². The molecule has 3 aromatic rings. The van der Waals surface area contributed by atoms with Crippen molar-refractivity contribution in [3.8, 4) is 5.69 Å². The van der Waals surface area contributed by atoms with Crippen LogP contribution >= 0.6 is 11.6 Å². The predicted octanol–water partition coefficient (Wildman–Crippen LogP) is 5.28. The summed E-state index contributed by atoms with van der Waals surface area (Å²) in [5.74, 6) is 2.46. The van der Waals surface area contributed by atoms with Gasteiger partial charge in [0.05, 0.1) is 30.1 Å². The molecule has 1 fully saturated rings. The molecule has 1 aliphatic heterocycles. The molecule has 2 aliphatic rings. The molecule has 0 saturated heterocycles. The van der Waals surface area contributed by atoms with Gasteiger partial charge in [-0.25, -0.2) is 0 Å². The van der Waals surface area contributed by atoms with Crippen molar-refractivity contribution in [2.24, 2.45) is 0 Å². The Labute approximate surface area is 194 Å². The van der Waals surface area contributed by atoms with Gasteiger partial charge in [-0.1, -0.05) is 17.7 Å². The van der Waals surface area contributed by atoms with Gasteiger partial charge in [0.25, 0.3) is 0 Å². The summed E-state index contributed by atoms with van der Waals surface area (Å²) in [7, 11) is 0. The lowest BCUT2D eigenvalue weighted by atomic mass is 9.86. The monoisotopic (exact) mass is 451 g/mol. The first-order valence-corrected chi connectivity index (χ1v) is 12.0. The smallest absolute Gasteiger partial charge is 0.151 e. The van der Waals surface area contributed by atoms with Crippen LogP contribution in [0.25, 0.3) is 5.69 Å². The molecule has 1 aromatic carbocycles. The van der Waals surface area contributed by atoms with Gasteiger partial charge in [-0.15, -0.1) is 10.2 Å². The molecular formula is C25H30ClN5O. The van der Waals surface area contributed by atoms with E-state index in [0.717, 1.165) is 73.4 Å². The minimum absolute atomic E-state index is 0.280. The average molecular weight is 452 g/mol. The first-order chi connectivity index (χ1) is 15.6. The van der Waals surface area contributed by atoms with Crippen LogP contribution in [-0.2, 0) is 24.4 Å². The number of hydrogen-bond acceptors (Lipinski definition) is 5. The molecule has 0 spiro atoms. The van der Waals surface area contributed by atoms with Gasteiger partial charge in [-0.3, -0.25) is 14.5 Å². The molecule has 3 heterocycles. The van der Waals surface area contributed by atoms with Crippen molar-refractivity contribution in [1.82, 2.24) is 24.6 Å². The van der Waals surface area contributed by atoms with Crippen LogP contribution in [0.1, 0.15) is 68.4 Å². The zero-order chi connectivity index (χ0) is 22.1. The molecule has 5 rings (SSSR count). The maximum absolute atomic E-state index is 6.40. The quantitative estimate of drug-likeness (QED) is 0.528. The highest BCUT2D eigenvalue weighted by Gasteiger charge is 2.31. The van der Waals surface area contributed by atoms with Gasteiger partial charge in [-0.2, -0.15) is 0 Å². The molecule has 0 amide bonds. The number of ether oxygens (including phenoxy) is 1. The number of halogens is 1. The second kappa shape index (κ2) is 9.30. The van der Waals surface area contributed by atoms with Crippen LogP contribution < -0.4 is 0 Å². The van der Waals surface area contributed by atoms with Crippen molar-refractivity contribution in [1.29, 1.82) is 0 Å². The van der Waals surface area contributed by atoms with E-state index in [0.29, 0.717) is 12.0 Å². The van der Waals surface area contributed by atoms with Crippen molar-refractivity contribution < 1.29 is 4.74 Å². The fourth-order valence-electron chi connectivity index (χ4n) is 5.03. The van der Waals surface area contributed by atoms with Crippen molar-refractivity contribution >= 4 is 11.6 Å². The van der Waals surface area contributed by atoms with Gasteiger partial charge in [0.15, 0.2) is 5.82 Å². The summed E-state index contributed by atoms with van der Waals surface area (Å²) in [6.07, 6.45) is 6.79. The van der Waals surface area contributed by atoms with Crippen LogP contribution in [0.4, 0.5) is 0 Å². The number of hydrogen-bond donors (Lipinski definition) is 0. The van der Waals surface area contributed by atoms with E-state index in [1.54, 1.807) is 0 Å². The van der Waals surface area contributed by atoms with Gasteiger partial charge in [-0.05, 0) is 75.4 Å². The van der Waals surface area contributed by atoms with E-state index >= 15 is 0 Å². The van der Waals surface area contributed by atoms with Gasteiger partial charge < -0.3 is 4.74 Å². The van der Waals surface area contributed by atoms with Crippen LogP contribution in [-0.4, -0.2) is 36.9 Å². The number of fused-ring (bicyclic) bond motifs is 3. The largest absolute Gasteiger partial charge is 0.376 e. The molecular weight excluding hydrogens is 422 g/mol. The lowest BCUT2D eigenvalue weighted by Crippen LogP contribution is -2.25. The molecule has 2 aromatic heterocycles. The number of nitrogens with zero attached hydrogens (tertiary/aromatic N) is 5. The van der Waals surface area contributed by atoms with Crippen LogP contribution in [0.2, 0.25) is 5.02 Å². The number of benzene rings is 1. The second-order valence-corrected chi connectivity index (χ2v) is 9.64. The standard InChI is InChI=1S/C25H30ClN5O/c1-17(2)32-22-9-6-18(7-10-22)25-29-28-24-16-30(15-21-5-3-4-12-27-21)14-19-13-20(26)8-11-23(19)31(24)25/h3-5,8,11-13,17-18,22H,6-7,9-10,14-16H2,1-2H3/t18-,22-. The zero-order valence-corrected chi connectivity index (χ0v) is 19.5. The van der Waals surface area contributed by atoms with E-state index < -0.39 is 0 Å². The summed E-state index contributed by atoms with van der Waals surface area (Å²) in [4.78, 5) is 6.88. The molecule has 32 heavy (non-hydrogen) atoms. The SMILES string of the molecule is CC(C)O[C@H]1CC[C@H](c2nnc3n2-c2ccc(Cl)cc2CN(Cc2ccccn2)C3)CC1. The second-order valence-electron chi connectivity index (χ2n) is 9.21. The third-order valence-corrected chi connectivity index (χ3v) is 6.65. The number of aromatic nitrogens is 4. The lowest BCUT2D eigenvalue weighted by molar-refractivity contribution is -0.0151. The molecule has 0 atom stereocenters. The lowest BCUT2D eigenvalue weighted by Gasteiger charge is -2.29. The first-order valence-electron chi connectivity index (χ1n) is 11.6. The Bertz CT molecular complexity index is 1060. The highest BCUT2D eigenvalue weighted by Crippen LogP contribution is 2.37. The third kappa shape index (κ3) is 4.58. The predicted molar refractivity (Wildman–Crippen MR) is 125 cm³/mol. The molecule has 0 radical (unpaired) electrons. The average Bonchev–Trinajstić information content (AvgIpc) is 3.11. The minimum atomic E-state index is 0.280. The van der Waals surface area contributed by atoms with E-state index in [9.17, 15) is 0 Å². The summed E-state index contributed by atoms with van der Waals surface area (Å²) >= 11 is 6.40. The van der Waals surface area contributed by atoms with Crippen molar-refractivity contribution in [3.63, 3.8) is 0 Å². The zero-order valence-electron chi connectivity index (χ0n) is 18.7. The third-order valence-electron chi connectivity index (χ3n) is 6.41. The van der Waals surface area contributed by atoms with E-state index in [4.69, 9.17) is 21.4 Å². The Morgan fingerprint density at radius 3 is 2.66 bits per heavy atom. The van der Waals surface area contributed by atoms with Gasteiger partial charge >= 0.3 is 0 Å². The summed E-state index contributed by atoms with van der Waals surface area (Å²) in [6.45, 7) is 6.51. The molecule has 0 bridgehead atoms. The van der Waals surface area contributed by atoms with Gasteiger partial charge in [0.1, 0.15) is 5.82 Å². The molecule has 0 N–H and O–H groups in total. The molecule has 1 saturated carbocycles. The van der Waals surface area contributed by atoms with Gasteiger partial charge in [0, 0.05) is 30.2 Å². The number of rotatable bonds is 5. The molecule has 0 unspecified atom stereocenters. The topological polar surface area (TPSA) is 56.1 Å². The molecule has 7 heteroatoms. The van der Waals surface area contributed by atoms with Crippen LogP contribution in [0, 0.1) is 0 Å². The molecule has 6 nitrogen and oxygen atoms in total. The van der Waals surface area contributed by atoms with Crippen molar-refractivity contribution in [2.45, 2.75) is 77.3 Å². The Hall–Kier alpha value is -2.28. The fraction of sp³-hybridized carbons (Fsp3) is 0.480. The summed E-state index contributed by atoms with van der Waals surface area (Å²) in [5, 5.41) is 10.1. The number of pyridine rings is 1. The van der Waals surface area contributed by atoms with Crippen molar-refractivity contribution in [2.75, 3.05) is 0 Å². The highest BCUT2D eigenvalue weighted by atomic mass is 35.5. The Balaban J connectivity index is 1.45. The first kappa shape index (κ1) is 21.6. The van der Waals surface area contributed by atoms with Crippen LogP contribution in [0.3, 0.4) is 0 Å². The highest BCUT2D eigenvalue weighted by molar-refractivity contribution is 6.30. The van der Waals surface area contributed by atoms with Gasteiger partial charge in [0.2, 0.25) is 0 Å². The fourth-order valence-corrected chi connectivity index (χ4v) is 5.22.